The van der Waals surface area contributed by atoms with Crippen molar-refractivity contribution in [2.75, 3.05) is 6.61 Å². The van der Waals surface area contributed by atoms with Gasteiger partial charge in [-0.1, -0.05) is 0 Å². The molecule has 24 heavy (non-hydrogen) atoms. The molecule has 8 heteroatoms. The van der Waals surface area contributed by atoms with Crippen LogP contribution in [0.3, 0.4) is 0 Å². The summed E-state index contributed by atoms with van der Waals surface area (Å²) in [4.78, 5) is 50.7. The molecule has 1 aromatic rings. The summed E-state index contributed by atoms with van der Waals surface area (Å²) in [5.41, 5.74) is -1.19. The van der Waals surface area contributed by atoms with E-state index in [0.717, 1.165) is 0 Å². The molecule has 1 heterocycles. The Morgan fingerprint density at radius 1 is 1.12 bits per heavy atom. The Balaban J connectivity index is 1.88. The zero-order valence-corrected chi connectivity index (χ0v) is 13.3. The number of hydrogen-bond donors (Lipinski definition) is 1. The molecule has 0 unspecified atom stereocenters. The van der Waals surface area contributed by atoms with E-state index in [1.165, 1.54) is 38.1 Å². The molecule has 1 aliphatic heterocycles. The molecule has 1 N–H and O–H groups in total. The summed E-state index contributed by atoms with van der Waals surface area (Å²) < 4.78 is 5.17. The Kier molecular flexibility index (Phi) is 4.99. The van der Waals surface area contributed by atoms with Crippen molar-refractivity contribution < 1.29 is 33.9 Å². The SMILES string of the molecule is CC(C)(O)C(=O)c1ccc(OCC(=O)ON2C(=O)CCC2=O)cc1. The third kappa shape index (κ3) is 4.17. The first-order valence-corrected chi connectivity index (χ1v) is 7.25. The minimum atomic E-state index is -1.49. The van der Waals surface area contributed by atoms with Gasteiger partial charge < -0.3 is 14.7 Å². The van der Waals surface area contributed by atoms with Crippen LogP contribution in [0, 0.1) is 0 Å². The molecular weight excluding hydrogens is 318 g/mol. The maximum atomic E-state index is 11.9. The highest BCUT2D eigenvalue weighted by Gasteiger charge is 2.33. The molecule has 0 aliphatic carbocycles. The van der Waals surface area contributed by atoms with Crippen LogP contribution in [0.4, 0.5) is 0 Å². The van der Waals surface area contributed by atoms with E-state index in [9.17, 15) is 24.3 Å². The highest BCUT2D eigenvalue weighted by molar-refractivity contribution is 6.02. The minimum Gasteiger partial charge on any atom is -0.482 e. The molecule has 0 bridgehead atoms. The van der Waals surface area contributed by atoms with Crippen molar-refractivity contribution in [2.45, 2.75) is 32.3 Å². The van der Waals surface area contributed by atoms with Crippen molar-refractivity contribution in [3.8, 4) is 5.75 Å². The van der Waals surface area contributed by atoms with E-state index in [4.69, 9.17) is 4.74 Å². The number of imide groups is 1. The molecule has 0 radical (unpaired) electrons. The summed E-state index contributed by atoms with van der Waals surface area (Å²) in [5.74, 6) is -2.18. The summed E-state index contributed by atoms with van der Waals surface area (Å²) in [6.45, 7) is 2.27. The standard InChI is InChI=1S/C16H17NO7/c1-16(2,22)15(21)10-3-5-11(6-4-10)23-9-14(20)24-17-12(18)7-8-13(17)19/h3-6,22H,7-9H2,1-2H3. The van der Waals surface area contributed by atoms with Crippen LogP contribution in [0.15, 0.2) is 24.3 Å². The number of ether oxygens (including phenoxy) is 1. The number of amides is 2. The quantitative estimate of drug-likeness (QED) is 0.599. The monoisotopic (exact) mass is 335 g/mol. The summed E-state index contributed by atoms with van der Waals surface area (Å²) in [5, 5.41) is 10.1. The zero-order valence-electron chi connectivity index (χ0n) is 13.3. The topological polar surface area (TPSA) is 110 Å². The molecular formula is C16H17NO7. The number of carbonyl (C=O) groups is 4. The number of hydrogen-bond acceptors (Lipinski definition) is 7. The number of carbonyl (C=O) groups excluding carboxylic acids is 4. The number of benzene rings is 1. The van der Waals surface area contributed by atoms with Gasteiger partial charge in [0.05, 0.1) is 0 Å². The van der Waals surface area contributed by atoms with Crippen molar-refractivity contribution >= 4 is 23.6 Å². The lowest BCUT2D eigenvalue weighted by molar-refractivity contribution is -0.198. The van der Waals surface area contributed by atoms with Gasteiger partial charge >= 0.3 is 5.97 Å². The van der Waals surface area contributed by atoms with Crippen LogP contribution in [0.5, 0.6) is 5.75 Å². The van der Waals surface area contributed by atoms with Gasteiger partial charge in [0.15, 0.2) is 12.4 Å². The first-order chi connectivity index (χ1) is 11.2. The van der Waals surface area contributed by atoms with Gasteiger partial charge in [0, 0.05) is 18.4 Å². The number of hydroxylamine groups is 2. The molecule has 128 valence electrons. The maximum Gasteiger partial charge on any atom is 0.370 e. The van der Waals surface area contributed by atoms with Gasteiger partial charge in [-0.25, -0.2) is 4.79 Å². The average Bonchev–Trinajstić information content (AvgIpc) is 2.84. The smallest absolute Gasteiger partial charge is 0.370 e. The van der Waals surface area contributed by atoms with Gasteiger partial charge in [0.25, 0.3) is 11.8 Å². The van der Waals surface area contributed by atoms with Crippen molar-refractivity contribution in [1.29, 1.82) is 0 Å². The fourth-order valence-electron chi connectivity index (χ4n) is 1.98. The van der Waals surface area contributed by atoms with Gasteiger partial charge in [-0.05, 0) is 38.1 Å². The van der Waals surface area contributed by atoms with E-state index in [-0.39, 0.29) is 12.8 Å². The second kappa shape index (κ2) is 6.79. The summed E-state index contributed by atoms with van der Waals surface area (Å²) in [7, 11) is 0. The Morgan fingerprint density at radius 3 is 2.17 bits per heavy atom. The van der Waals surface area contributed by atoms with Crippen LogP contribution >= 0.6 is 0 Å². The second-order valence-corrected chi connectivity index (χ2v) is 5.75. The van der Waals surface area contributed by atoms with E-state index in [1.807, 2.05) is 0 Å². The highest BCUT2D eigenvalue weighted by atomic mass is 16.7. The van der Waals surface area contributed by atoms with Crippen molar-refractivity contribution in [1.82, 2.24) is 5.06 Å². The Bertz CT molecular complexity index is 657. The fraction of sp³-hybridized carbons (Fsp3) is 0.375. The van der Waals surface area contributed by atoms with Crippen LogP contribution in [0.1, 0.15) is 37.0 Å². The molecule has 0 aromatic heterocycles. The molecule has 0 atom stereocenters. The molecule has 2 rings (SSSR count). The molecule has 2 amide bonds. The largest absolute Gasteiger partial charge is 0.482 e. The van der Waals surface area contributed by atoms with E-state index < -0.39 is 35.8 Å². The number of nitrogens with zero attached hydrogens (tertiary/aromatic N) is 1. The molecule has 1 aromatic carbocycles. The fourth-order valence-corrected chi connectivity index (χ4v) is 1.98. The van der Waals surface area contributed by atoms with Gasteiger partial charge in [0.2, 0.25) is 0 Å². The first-order valence-electron chi connectivity index (χ1n) is 7.25. The molecule has 1 aliphatic rings. The minimum absolute atomic E-state index is 0.0175. The first kappa shape index (κ1) is 17.6. The van der Waals surface area contributed by atoms with Crippen LogP contribution in [0.2, 0.25) is 0 Å². The normalized spacial score (nSPS) is 14.7. The van der Waals surface area contributed by atoms with E-state index >= 15 is 0 Å². The van der Waals surface area contributed by atoms with Gasteiger partial charge in [-0.15, -0.1) is 5.06 Å². The average molecular weight is 335 g/mol. The lowest BCUT2D eigenvalue weighted by atomic mass is 9.97. The van der Waals surface area contributed by atoms with E-state index in [1.54, 1.807) is 0 Å². The van der Waals surface area contributed by atoms with Crippen LogP contribution in [-0.2, 0) is 19.2 Å². The summed E-state index contributed by atoms with van der Waals surface area (Å²) in [6.07, 6.45) is 0.0351. The summed E-state index contributed by atoms with van der Waals surface area (Å²) in [6, 6.07) is 5.82. The van der Waals surface area contributed by atoms with Gasteiger partial charge in [-0.3, -0.25) is 14.4 Å². The Labute approximate surface area is 137 Å². The van der Waals surface area contributed by atoms with Gasteiger partial charge in [-0.2, -0.15) is 0 Å². The zero-order chi connectivity index (χ0) is 17.9. The molecule has 8 nitrogen and oxygen atoms in total. The second-order valence-electron chi connectivity index (χ2n) is 5.75. The van der Waals surface area contributed by atoms with Crippen molar-refractivity contribution in [3.05, 3.63) is 29.8 Å². The number of Topliss-reactive ketones (excluding diaryl/α,β-unsaturated/α-hetero) is 1. The maximum absolute atomic E-state index is 11.9. The highest BCUT2D eigenvalue weighted by Crippen LogP contribution is 2.17. The van der Waals surface area contributed by atoms with E-state index in [0.29, 0.717) is 16.4 Å². The molecule has 0 spiro atoms. The third-order valence-corrected chi connectivity index (χ3v) is 3.23. The van der Waals surface area contributed by atoms with Crippen molar-refractivity contribution in [2.24, 2.45) is 0 Å². The van der Waals surface area contributed by atoms with Crippen LogP contribution in [0.25, 0.3) is 0 Å². The number of rotatable bonds is 6. The summed E-state index contributed by atoms with van der Waals surface area (Å²) >= 11 is 0. The Morgan fingerprint density at radius 2 is 1.67 bits per heavy atom. The molecule has 1 saturated heterocycles. The van der Waals surface area contributed by atoms with Crippen molar-refractivity contribution in [3.63, 3.8) is 0 Å². The predicted octanol–water partition coefficient (Wildman–Crippen LogP) is 0.626. The number of ketones is 1. The lowest BCUT2D eigenvalue weighted by Gasteiger charge is -2.15. The van der Waals surface area contributed by atoms with Crippen LogP contribution < -0.4 is 4.74 Å². The predicted molar refractivity (Wildman–Crippen MR) is 79.7 cm³/mol. The lowest BCUT2D eigenvalue weighted by Crippen LogP contribution is -2.34. The van der Waals surface area contributed by atoms with Crippen LogP contribution in [-0.4, -0.2) is 45.9 Å². The molecule has 0 saturated carbocycles. The molecule has 1 fully saturated rings. The number of aliphatic hydroxyl groups is 1. The Hall–Kier alpha value is -2.74. The van der Waals surface area contributed by atoms with Gasteiger partial charge in [0.1, 0.15) is 11.4 Å². The third-order valence-electron chi connectivity index (χ3n) is 3.23. The van der Waals surface area contributed by atoms with E-state index in [2.05, 4.69) is 4.84 Å².